The number of hydrogen-bond acceptors (Lipinski definition) is 5. The van der Waals surface area contributed by atoms with E-state index in [0.29, 0.717) is 12.2 Å². The summed E-state index contributed by atoms with van der Waals surface area (Å²) in [5, 5.41) is 17.9. The summed E-state index contributed by atoms with van der Waals surface area (Å²) in [7, 11) is 3.07. The molecule has 0 aliphatic rings. The molecule has 0 saturated carbocycles. The Kier molecular flexibility index (Phi) is 5.40. The van der Waals surface area contributed by atoms with Crippen molar-refractivity contribution in [2.24, 2.45) is 5.73 Å². The summed E-state index contributed by atoms with van der Waals surface area (Å²) in [6.45, 7) is 0.295. The number of carbonyl (C=O) groups is 2. The first-order chi connectivity index (χ1) is 12.2. The predicted octanol–water partition coefficient (Wildman–Crippen LogP) is 0.926. The van der Waals surface area contributed by atoms with E-state index in [2.05, 4.69) is 9.97 Å². The zero-order chi connectivity index (χ0) is 19.4. The highest BCUT2D eigenvalue weighted by Gasteiger charge is 2.21. The Morgan fingerprint density at radius 3 is 2.38 bits per heavy atom. The van der Waals surface area contributed by atoms with Crippen molar-refractivity contribution in [1.29, 1.82) is 5.41 Å². The first kappa shape index (κ1) is 18.7. The topological polar surface area (TPSA) is 165 Å². The number of rotatable bonds is 7. The maximum atomic E-state index is 12.4. The zero-order valence-electron chi connectivity index (χ0n) is 14.3. The standard InChI is InChI=1S/C15H19N7O4/c1-20(4-3-13(16)17)14(23)11-5-9(7-18-11)21(2)15(24)12-6-10(8-19-12)22(25)26/h5-8,18-19H,3-4H2,1-2H3,(H3,16,17). The van der Waals surface area contributed by atoms with Crippen molar-refractivity contribution in [3.63, 3.8) is 0 Å². The monoisotopic (exact) mass is 361 g/mol. The van der Waals surface area contributed by atoms with E-state index in [1.165, 1.54) is 29.1 Å². The number of carbonyl (C=O) groups excluding carboxylic acids is 2. The number of aromatic amines is 2. The van der Waals surface area contributed by atoms with Crippen LogP contribution in [0.25, 0.3) is 0 Å². The van der Waals surface area contributed by atoms with Crippen LogP contribution in [-0.2, 0) is 0 Å². The molecule has 0 fully saturated rings. The van der Waals surface area contributed by atoms with Crippen molar-refractivity contribution in [1.82, 2.24) is 14.9 Å². The quantitative estimate of drug-likeness (QED) is 0.249. The predicted molar refractivity (Wildman–Crippen MR) is 94.5 cm³/mol. The molecule has 0 aliphatic carbocycles. The number of nitro groups is 1. The number of amidine groups is 1. The minimum Gasteiger partial charge on any atom is -0.388 e. The molecule has 0 spiro atoms. The van der Waals surface area contributed by atoms with Gasteiger partial charge in [-0.1, -0.05) is 0 Å². The molecule has 0 radical (unpaired) electrons. The molecular weight excluding hydrogens is 342 g/mol. The average molecular weight is 361 g/mol. The second-order valence-corrected chi connectivity index (χ2v) is 5.67. The molecule has 2 aromatic heterocycles. The van der Waals surface area contributed by atoms with Gasteiger partial charge in [-0.25, -0.2) is 0 Å². The van der Waals surface area contributed by atoms with Crippen LogP contribution < -0.4 is 10.6 Å². The van der Waals surface area contributed by atoms with Gasteiger partial charge in [-0.05, 0) is 6.07 Å². The van der Waals surface area contributed by atoms with Gasteiger partial charge in [0.25, 0.3) is 17.5 Å². The van der Waals surface area contributed by atoms with E-state index in [4.69, 9.17) is 11.1 Å². The molecule has 11 nitrogen and oxygen atoms in total. The van der Waals surface area contributed by atoms with E-state index < -0.39 is 10.8 Å². The van der Waals surface area contributed by atoms with E-state index >= 15 is 0 Å². The Hall–Kier alpha value is -3.63. The number of amides is 2. The van der Waals surface area contributed by atoms with E-state index in [-0.39, 0.29) is 35.2 Å². The third kappa shape index (κ3) is 4.06. The number of H-pyrrole nitrogens is 2. The third-order valence-corrected chi connectivity index (χ3v) is 3.76. The third-order valence-electron chi connectivity index (χ3n) is 3.76. The van der Waals surface area contributed by atoms with Crippen LogP contribution in [0.2, 0.25) is 0 Å². The maximum absolute atomic E-state index is 12.4. The van der Waals surface area contributed by atoms with Crippen LogP contribution in [0.5, 0.6) is 0 Å². The van der Waals surface area contributed by atoms with Crippen LogP contribution in [0.15, 0.2) is 24.5 Å². The van der Waals surface area contributed by atoms with Gasteiger partial charge in [-0.2, -0.15) is 0 Å². The zero-order valence-corrected chi connectivity index (χ0v) is 14.3. The lowest BCUT2D eigenvalue weighted by molar-refractivity contribution is -0.384. The highest BCUT2D eigenvalue weighted by atomic mass is 16.6. The SMILES string of the molecule is CN(CCC(=N)N)C(=O)c1cc(N(C)C(=O)c2cc([N+](=O)[O-])c[nH]2)c[nH]1. The summed E-state index contributed by atoms with van der Waals surface area (Å²) in [5.41, 5.74) is 5.83. The minimum absolute atomic E-state index is 0.0119. The lowest BCUT2D eigenvalue weighted by Gasteiger charge is -2.16. The van der Waals surface area contributed by atoms with E-state index in [1.807, 2.05) is 0 Å². The van der Waals surface area contributed by atoms with Crippen LogP contribution in [0, 0.1) is 15.5 Å². The Bertz CT molecular complexity index is 854. The van der Waals surface area contributed by atoms with Crippen LogP contribution in [0.3, 0.4) is 0 Å². The fraction of sp³-hybridized carbons (Fsp3) is 0.267. The second kappa shape index (κ2) is 7.51. The van der Waals surface area contributed by atoms with Crippen molar-refractivity contribution in [2.75, 3.05) is 25.5 Å². The van der Waals surface area contributed by atoms with Gasteiger partial charge in [-0.3, -0.25) is 25.1 Å². The summed E-state index contributed by atoms with van der Waals surface area (Å²) in [6, 6.07) is 2.65. The Labute approximate surface area is 148 Å². The highest BCUT2D eigenvalue weighted by Crippen LogP contribution is 2.19. The Morgan fingerprint density at radius 1 is 1.19 bits per heavy atom. The van der Waals surface area contributed by atoms with Crippen molar-refractivity contribution < 1.29 is 14.5 Å². The molecule has 138 valence electrons. The molecule has 0 unspecified atom stereocenters. The molecule has 26 heavy (non-hydrogen) atoms. The van der Waals surface area contributed by atoms with Gasteiger partial charge in [-0.15, -0.1) is 0 Å². The van der Waals surface area contributed by atoms with Crippen LogP contribution >= 0.6 is 0 Å². The molecule has 2 rings (SSSR count). The highest BCUT2D eigenvalue weighted by molar-refractivity contribution is 6.05. The van der Waals surface area contributed by atoms with Gasteiger partial charge in [0.1, 0.15) is 11.4 Å². The van der Waals surface area contributed by atoms with Gasteiger partial charge < -0.3 is 25.5 Å². The number of aromatic nitrogens is 2. The molecule has 11 heteroatoms. The Morgan fingerprint density at radius 2 is 1.81 bits per heavy atom. The fourth-order valence-corrected chi connectivity index (χ4v) is 2.21. The Balaban J connectivity index is 2.09. The minimum atomic E-state index is -0.600. The van der Waals surface area contributed by atoms with Crippen molar-refractivity contribution >= 4 is 29.0 Å². The smallest absolute Gasteiger partial charge is 0.287 e. The maximum Gasteiger partial charge on any atom is 0.287 e. The van der Waals surface area contributed by atoms with Crippen LogP contribution in [-0.4, -0.2) is 58.1 Å². The number of nitrogens with zero attached hydrogens (tertiary/aromatic N) is 3. The number of anilines is 1. The molecule has 2 heterocycles. The molecule has 2 aromatic rings. The van der Waals surface area contributed by atoms with Gasteiger partial charge in [0, 0.05) is 39.3 Å². The van der Waals surface area contributed by atoms with Crippen LogP contribution in [0.1, 0.15) is 27.4 Å². The summed E-state index contributed by atoms with van der Waals surface area (Å²) in [6.07, 6.45) is 2.89. The van der Waals surface area contributed by atoms with E-state index in [9.17, 15) is 19.7 Å². The average Bonchev–Trinajstić information content (AvgIpc) is 3.26. The molecule has 0 saturated heterocycles. The fourth-order valence-electron chi connectivity index (χ4n) is 2.21. The summed E-state index contributed by atoms with van der Waals surface area (Å²) in [5.74, 6) is -0.808. The van der Waals surface area contributed by atoms with Crippen molar-refractivity contribution in [3.05, 3.63) is 46.0 Å². The molecule has 0 aliphatic heterocycles. The van der Waals surface area contributed by atoms with Gasteiger partial charge >= 0.3 is 0 Å². The van der Waals surface area contributed by atoms with Crippen LogP contribution in [0.4, 0.5) is 11.4 Å². The van der Waals surface area contributed by atoms with Gasteiger partial charge in [0.15, 0.2) is 0 Å². The van der Waals surface area contributed by atoms with Gasteiger partial charge in [0.05, 0.1) is 22.6 Å². The number of nitrogens with one attached hydrogen (secondary N) is 3. The molecule has 0 bridgehead atoms. The largest absolute Gasteiger partial charge is 0.388 e. The van der Waals surface area contributed by atoms with Gasteiger partial charge in [0.2, 0.25) is 0 Å². The van der Waals surface area contributed by atoms with E-state index in [0.717, 1.165) is 12.3 Å². The van der Waals surface area contributed by atoms with E-state index in [1.54, 1.807) is 7.05 Å². The normalized spacial score (nSPS) is 10.4. The van der Waals surface area contributed by atoms with Crippen molar-refractivity contribution in [2.45, 2.75) is 6.42 Å². The summed E-state index contributed by atoms with van der Waals surface area (Å²) < 4.78 is 0. The summed E-state index contributed by atoms with van der Waals surface area (Å²) in [4.78, 5) is 42.8. The molecular formula is C15H19N7O4. The lowest BCUT2D eigenvalue weighted by Crippen LogP contribution is -2.30. The first-order valence-corrected chi connectivity index (χ1v) is 7.58. The molecule has 2 amide bonds. The lowest BCUT2D eigenvalue weighted by atomic mass is 10.3. The molecule has 0 aromatic carbocycles. The number of nitrogens with two attached hydrogens (primary N) is 1. The first-order valence-electron chi connectivity index (χ1n) is 7.58. The molecule has 0 atom stereocenters. The number of hydrogen-bond donors (Lipinski definition) is 4. The molecule has 5 N–H and O–H groups in total. The summed E-state index contributed by atoms with van der Waals surface area (Å²) >= 11 is 0. The second-order valence-electron chi connectivity index (χ2n) is 5.67. The van der Waals surface area contributed by atoms with Crippen molar-refractivity contribution in [3.8, 4) is 0 Å².